The van der Waals surface area contributed by atoms with Crippen molar-refractivity contribution < 1.29 is 0 Å². The van der Waals surface area contributed by atoms with E-state index in [0.717, 1.165) is 24.5 Å². The van der Waals surface area contributed by atoms with Crippen LogP contribution in [-0.4, -0.2) is 15.2 Å². The lowest BCUT2D eigenvalue weighted by Gasteiger charge is -2.01. The first-order valence-electron chi connectivity index (χ1n) is 7.28. The molecule has 3 nitrogen and oxygen atoms in total. The molecule has 19 heavy (non-hydrogen) atoms. The Hall–Kier alpha value is -1.64. The molecule has 1 aromatic carbocycles. The van der Waals surface area contributed by atoms with Crippen molar-refractivity contribution in [2.75, 3.05) is 0 Å². The maximum absolute atomic E-state index is 4.66. The molecule has 0 radical (unpaired) electrons. The van der Waals surface area contributed by atoms with Gasteiger partial charge in [-0.15, -0.1) is 0 Å². The summed E-state index contributed by atoms with van der Waals surface area (Å²) in [4.78, 5) is 4.66. The molecule has 1 saturated carbocycles. The fourth-order valence-corrected chi connectivity index (χ4v) is 2.81. The minimum absolute atomic E-state index is 0.601. The van der Waals surface area contributed by atoms with E-state index in [1.165, 1.54) is 36.8 Å². The van der Waals surface area contributed by atoms with Crippen molar-refractivity contribution in [3.8, 4) is 0 Å². The van der Waals surface area contributed by atoms with Crippen LogP contribution in [0.1, 0.15) is 54.4 Å². The zero-order valence-electron chi connectivity index (χ0n) is 11.5. The summed E-state index contributed by atoms with van der Waals surface area (Å²) in [7, 11) is 0. The summed E-state index contributed by atoms with van der Waals surface area (Å²) in [5, 5.41) is 7.49. The highest BCUT2D eigenvalue weighted by molar-refractivity contribution is 5.21. The van der Waals surface area contributed by atoms with E-state index in [9.17, 15) is 0 Å². The van der Waals surface area contributed by atoms with Crippen molar-refractivity contribution in [3.63, 3.8) is 0 Å². The Morgan fingerprint density at radius 2 is 1.84 bits per heavy atom. The van der Waals surface area contributed by atoms with Gasteiger partial charge in [0, 0.05) is 12.3 Å². The number of hydrogen-bond donors (Lipinski definition) is 1. The second kappa shape index (κ2) is 5.55. The van der Waals surface area contributed by atoms with Crippen LogP contribution in [0.5, 0.6) is 0 Å². The average Bonchev–Trinajstić information content (AvgIpc) is 3.09. The van der Waals surface area contributed by atoms with Gasteiger partial charge in [-0.25, -0.2) is 4.98 Å². The van der Waals surface area contributed by atoms with E-state index in [4.69, 9.17) is 0 Å². The first-order valence-corrected chi connectivity index (χ1v) is 7.28. The first-order chi connectivity index (χ1) is 9.31. The third-order valence-corrected chi connectivity index (χ3v) is 4.04. The highest BCUT2D eigenvalue weighted by Gasteiger charge is 2.20. The maximum atomic E-state index is 4.66. The summed E-state index contributed by atoms with van der Waals surface area (Å²) in [5.41, 5.74) is 2.68. The summed E-state index contributed by atoms with van der Waals surface area (Å²) < 4.78 is 0. The molecule has 100 valence electrons. The Labute approximate surface area is 114 Å². The molecule has 1 N–H and O–H groups in total. The first kappa shape index (κ1) is 12.4. The lowest BCUT2D eigenvalue weighted by atomic mass is 10.1. The number of nitrogens with zero attached hydrogens (tertiary/aromatic N) is 2. The molecule has 3 heteroatoms. The molecule has 0 unspecified atom stereocenters. The summed E-state index contributed by atoms with van der Waals surface area (Å²) in [6.45, 7) is 2.12. The zero-order chi connectivity index (χ0) is 13.1. The van der Waals surface area contributed by atoms with Gasteiger partial charge in [0.1, 0.15) is 5.82 Å². The molecule has 0 spiro atoms. The van der Waals surface area contributed by atoms with Crippen LogP contribution in [0.4, 0.5) is 0 Å². The number of benzene rings is 1. The molecule has 1 aliphatic carbocycles. The van der Waals surface area contributed by atoms with Crippen molar-refractivity contribution in [2.24, 2.45) is 0 Å². The summed E-state index contributed by atoms with van der Waals surface area (Å²) in [6, 6.07) is 8.73. The average molecular weight is 255 g/mol. The van der Waals surface area contributed by atoms with Crippen LogP contribution in [0.15, 0.2) is 24.3 Å². The molecule has 0 atom stereocenters. The van der Waals surface area contributed by atoms with Crippen LogP contribution in [0, 0.1) is 6.92 Å². The van der Waals surface area contributed by atoms with E-state index in [0.29, 0.717) is 5.92 Å². The fourth-order valence-electron chi connectivity index (χ4n) is 2.81. The third kappa shape index (κ3) is 3.03. The van der Waals surface area contributed by atoms with E-state index < -0.39 is 0 Å². The Morgan fingerprint density at radius 3 is 2.58 bits per heavy atom. The molecule has 3 rings (SSSR count). The Bertz CT molecular complexity index is 521. The van der Waals surface area contributed by atoms with Crippen LogP contribution >= 0.6 is 0 Å². The molecule has 0 amide bonds. The van der Waals surface area contributed by atoms with Gasteiger partial charge in [0.2, 0.25) is 0 Å². The van der Waals surface area contributed by atoms with Crippen LogP contribution in [0.25, 0.3) is 0 Å². The largest absolute Gasteiger partial charge is 0.263 e. The van der Waals surface area contributed by atoms with Gasteiger partial charge in [0.05, 0.1) is 0 Å². The summed E-state index contributed by atoms with van der Waals surface area (Å²) in [6.07, 6.45) is 7.16. The number of aryl methyl sites for hydroxylation is 3. The topological polar surface area (TPSA) is 41.6 Å². The predicted molar refractivity (Wildman–Crippen MR) is 76.2 cm³/mol. The number of aromatic amines is 1. The van der Waals surface area contributed by atoms with E-state index >= 15 is 0 Å². The molecule has 1 aromatic heterocycles. The second-order valence-electron chi connectivity index (χ2n) is 5.61. The second-order valence-corrected chi connectivity index (χ2v) is 5.61. The molecule has 0 saturated heterocycles. The van der Waals surface area contributed by atoms with Gasteiger partial charge >= 0.3 is 0 Å². The Balaban J connectivity index is 1.59. The SMILES string of the molecule is Cc1ccc(CCc2nc(C3CCCC3)n[nH]2)cc1. The van der Waals surface area contributed by atoms with Crippen LogP contribution < -0.4 is 0 Å². The van der Waals surface area contributed by atoms with Gasteiger partial charge in [-0.1, -0.05) is 42.7 Å². The zero-order valence-corrected chi connectivity index (χ0v) is 11.5. The quantitative estimate of drug-likeness (QED) is 0.907. The van der Waals surface area contributed by atoms with E-state index in [1.807, 2.05) is 0 Å². The van der Waals surface area contributed by atoms with Crippen LogP contribution in [0.2, 0.25) is 0 Å². The molecular formula is C16H21N3. The molecule has 1 aliphatic rings. The molecule has 0 bridgehead atoms. The lowest BCUT2D eigenvalue weighted by molar-refractivity contribution is 0.671. The third-order valence-electron chi connectivity index (χ3n) is 4.04. The molecule has 1 heterocycles. The van der Waals surface area contributed by atoms with Crippen molar-refractivity contribution in [1.82, 2.24) is 15.2 Å². The van der Waals surface area contributed by atoms with E-state index in [1.54, 1.807) is 0 Å². The lowest BCUT2D eigenvalue weighted by Crippen LogP contribution is -1.96. The molecular weight excluding hydrogens is 234 g/mol. The van der Waals surface area contributed by atoms with Crippen molar-refractivity contribution in [3.05, 3.63) is 47.0 Å². The van der Waals surface area contributed by atoms with Gasteiger partial charge in [0.15, 0.2) is 5.82 Å². The number of hydrogen-bond acceptors (Lipinski definition) is 2. The number of H-pyrrole nitrogens is 1. The highest BCUT2D eigenvalue weighted by Crippen LogP contribution is 2.31. The fraction of sp³-hybridized carbons (Fsp3) is 0.500. The minimum Gasteiger partial charge on any atom is -0.263 e. The van der Waals surface area contributed by atoms with Crippen molar-refractivity contribution in [2.45, 2.75) is 51.4 Å². The maximum Gasteiger partial charge on any atom is 0.153 e. The van der Waals surface area contributed by atoms with Crippen molar-refractivity contribution in [1.29, 1.82) is 0 Å². The number of rotatable bonds is 4. The predicted octanol–water partition coefficient (Wildman–Crippen LogP) is 3.56. The Morgan fingerprint density at radius 1 is 1.11 bits per heavy atom. The molecule has 1 fully saturated rings. The highest BCUT2D eigenvalue weighted by atomic mass is 15.2. The molecule has 2 aromatic rings. The van der Waals surface area contributed by atoms with Gasteiger partial charge in [-0.05, 0) is 31.7 Å². The van der Waals surface area contributed by atoms with Crippen LogP contribution in [-0.2, 0) is 12.8 Å². The smallest absolute Gasteiger partial charge is 0.153 e. The summed E-state index contributed by atoms with van der Waals surface area (Å²) >= 11 is 0. The van der Waals surface area contributed by atoms with Crippen molar-refractivity contribution >= 4 is 0 Å². The number of aromatic nitrogens is 3. The monoisotopic (exact) mass is 255 g/mol. The normalized spacial score (nSPS) is 16.1. The van der Waals surface area contributed by atoms with Gasteiger partial charge in [-0.2, -0.15) is 5.10 Å². The summed E-state index contributed by atoms with van der Waals surface area (Å²) in [5.74, 6) is 2.67. The Kier molecular flexibility index (Phi) is 3.62. The van der Waals surface area contributed by atoms with E-state index in [2.05, 4.69) is 46.4 Å². The standard InChI is InChI=1S/C16H21N3/c1-12-6-8-13(9-7-12)10-11-15-17-16(19-18-15)14-4-2-3-5-14/h6-9,14H,2-5,10-11H2,1H3,(H,17,18,19). The van der Waals surface area contributed by atoms with E-state index in [-0.39, 0.29) is 0 Å². The minimum atomic E-state index is 0.601. The van der Waals surface area contributed by atoms with Gasteiger partial charge in [-0.3, -0.25) is 5.10 Å². The van der Waals surface area contributed by atoms with Gasteiger partial charge < -0.3 is 0 Å². The van der Waals surface area contributed by atoms with Gasteiger partial charge in [0.25, 0.3) is 0 Å². The van der Waals surface area contributed by atoms with Crippen LogP contribution in [0.3, 0.4) is 0 Å². The molecule has 0 aliphatic heterocycles. The number of nitrogens with one attached hydrogen (secondary N) is 1.